The minimum Gasteiger partial charge on any atom is -0.419 e. The van der Waals surface area contributed by atoms with E-state index in [2.05, 4.69) is 10.2 Å². The van der Waals surface area contributed by atoms with Gasteiger partial charge in [0.2, 0.25) is 11.7 Å². The Balaban J connectivity index is 2.60. The highest BCUT2D eigenvalue weighted by Gasteiger charge is 2.26. The highest BCUT2D eigenvalue weighted by molar-refractivity contribution is 6.20. The van der Waals surface area contributed by atoms with E-state index in [1.165, 1.54) is 6.92 Å². The SMILES string of the molecule is CC(Cl)c1nnc(-c2c(F)ccc([N+](=O)[O-])c2F)o1. The minimum atomic E-state index is -1.37. The Morgan fingerprint density at radius 3 is 2.63 bits per heavy atom. The first kappa shape index (κ1) is 13.3. The van der Waals surface area contributed by atoms with Crippen LogP contribution in [0.2, 0.25) is 0 Å². The summed E-state index contributed by atoms with van der Waals surface area (Å²) in [6, 6.07) is 1.47. The van der Waals surface area contributed by atoms with Crippen LogP contribution in [-0.2, 0) is 0 Å². The predicted molar refractivity (Wildman–Crippen MR) is 60.6 cm³/mol. The van der Waals surface area contributed by atoms with Gasteiger partial charge in [0.1, 0.15) is 16.8 Å². The zero-order chi connectivity index (χ0) is 14.2. The average molecular weight is 290 g/mol. The molecule has 6 nitrogen and oxygen atoms in total. The molecular weight excluding hydrogens is 284 g/mol. The third kappa shape index (κ3) is 2.39. The molecule has 0 aliphatic rings. The molecule has 1 atom stereocenters. The Kier molecular flexibility index (Phi) is 3.43. The molecule has 0 aliphatic carbocycles. The summed E-state index contributed by atoms with van der Waals surface area (Å²) >= 11 is 5.67. The number of halogens is 3. The number of alkyl halides is 1. The van der Waals surface area contributed by atoms with E-state index in [0.717, 1.165) is 12.1 Å². The maximum Gasteiger partial charge on any atom is 0.305 e. The van der Waals surface area contributed by atoms with Crippen LogP contribution in [0.5, 0.6) is 0 Å². The topological polar surface area (TPSA) is 82.1 Å². The first-order valence-corrected chi connectivity index (χ1v) is 5.45. The van der Waals surface area contributed by atoms with E-state index in [1.807, 2.05) is 0 Å². The van der Waals surface area contributed by atoms with Crippen LogP contribution >= 0.6 is 11.6 Å². The van der Waals surface area contributed by atoms with Crippen molar-refractivity contribution in [3.63, 3.8) is 0 Å². The molecular formula is C10H6ClF2N3O3. The summed E-state index contributed by atoms with van der Waals surface area (Å²) in [5, 5.41) is 16.9. The summed E-state index contributed by atoms with van der Waals surface area (Å²) in [5.74, 6) is -2.95. The maximum atomic E-state index is 13.8. The fourth-order valence-corrected chi connectivity index (χ4v) is 1.46. The molecule has 1 aromatic carbocycles. The molecule has 1 heterocycles. The Morgan fingerprint density at radius 1 is 1.42 bits per heavy atom. The van der Waals surface area contributed by atoms with Crippen molar-refractivity contribution < 1.29 is 18.1 Å². The van der Waals surface area contributed by atoms with Crippen molar-refractivity contribution in [3.05, 3.63) is 39.8 Å². The van der Waals surface area contributed by atoms with Crippen LogP contribution in [-0.4, -0.2) is 15.1 Å². The van der Waals surface area contributed by atoms with Gasteiger partial charge in [-0.3, -0.25) is 10.1 Å². The molecule has 9 heteroatoms. The molecule has 1 aromatic heterocycles. The second kappa shape index (κ2) is 4.88. The molecule has 2 aromatic rings. The highest BCUT2D eigenvalue weighted by Crippen LogP contribution is 2.32. The van der Waals surface area contributed by atoms with Crippen LogP contribution < -0.4 is 0 Å². The van der Waals surface area contributed by atoms with Gasteiger partial charge < -0.3 is 4.42 Å². The number of nitro groups is 1. The monoisotopic (exact) mass is 289 g/mol. The van der Waals surface area contributed by atoms with E-state index in [-0.39, 0.29) is 5.89 Å². The molecule has 0 bridgehead atoms. The number of rotatable bonds is 3. The van der Waals surface area contributed by atoms with Gasteiger partial charge in [-0.2, -0.15) is 4.39 Å². The molecule has 0 saturated heterocycles. The lowest BCUT2D eigenvalue weighted by Crippen LogP contribution is -1.97. The van der Waals surface area contributed by atoms with E-state index in [0.29, 0.717) is 0 Å². The molecule has 0 aliphatic heterocycles. The Labute approximate surface area is 110 Å². The van der Waals surface area contributed by atoms with Crippen molar-refractivity contribution in [1.29, 1.82) is 0 Å². The molecule has 0 amide bonds. The molecule has 0 saturated carbocycles. The molecule has 100 valence electrons. The largest absolute Gasteiger partial charge is 0.419 e. The molecule has 0 N–H and O–H groups in total. The number of nitrogens with zero attached hydrogens (tertiary/aromatic N) is 3. The molecule has 2 rings (SSSR count). The minimum absolute atomic E-state index is 0.0398. The third-order valence-corrected chi connectivity index (χ3v) is 2.45. The highest BCUT2D eigenvalue weighted by atomic mass is 35.5. The van der Waals surface area contributed by atoms with Crippen LogP contribution in [0.1, 0.15) is 18.2 Å². The molecule has 0 spiro atoms. The molecule has 0 radical (unpaired) electrons. The normalized spacial score (nSPS) is 12.4. The van der Waals surface area contributed by atoms with Gasteiger partial charge in [0.15, 0.2) is 0 Å². The smallest absolute Gasteiger partial charge is 0.305 e. The van der Waals surface area contributed by atoms with Gasteiger partial charge in [-0.05, 0) is 13.0 Å². The van der Waals surface area contributed by atoms with Gasteiger partial charge in [-0.25, -0.2) is 4.39 Å². The second-order valence-corrected chi connectivity index (χ2v) is 4.23. The first-order valence-electron chi connectivity index (χ1n) is 5.02. The Morgan fingerprint density at radius 2 is 2.11 bits per heavy atom. The summed E-state index contributed by atoms with van der Waals surface area (Å²) in [6.45, 7) is 1.53. The number of aromatic nitrogens is 2. The average Bonchev–Trinajstić information content (AvgIpc) is 2.78. The summed E-state index contributed by atoms with van der Waals surface area (Å²) in [5.41, 5.74) is -1.62. The van der Waals surface area contributed by atoms with Gasteiger partial charge in [0.05, 0.1) is 4.92 Å². The van der Waals surface area contributed by atoms with Gasteiger partial charge in [-0.15, -0.1) is 21.8 Å². The molecule has 1 unspecified atom stereocenters. The van der Waals surface area contributed by atoms with Crippen LogP contribution in [0, 0.1) is 21.7 Å². The van der Waals surface area contributed by atoms with Crippen molar-refractivity contribution in [2.45, 2.75) is 12.3 Å². The van der Waals surface area contributed by atoms with E-state index >= 15 is 0 Å². The van der Waals surface area contributed by atoms with Gasteiger partial charge >= 0.3 is 5.69 Å². The summed E-state index contributed by atoms with van der Waals surface area (Å²) in [7, 11) is 0. The van der Waals surface area contributed by atoms with Gasteiger partial charge in [-0.1, -0.05) is 0 Å². The van der Waals surface area contributed by atoms with Crippen molar-refractivity contribution in [2.24, 2.45) is 0 Å². The zero-order valence-corrected chi connectivity index (χ0v) is 10.2. The van der Waals surface area contributed by atoms with E-state index in [4.69, 9.17) is 16.0 Å². The summed E-state index contributed by atoms with van der Waals surface area (Å²) < 4.78 is 32.4. The van der Waals surface area contributed by atoms with Crippen LogP contribution in [0.15, 0.2) is 16.5 Å². The van der Waals surface area contributed by atoms with Gasteiger partial charge in [0.25, 0.3) is 5.89 Å². The molecule has 0 fully saturated rings. The van der Waals surface area contributed by atoms with Crippen molar-refractivity contribution in [1.82, 2.24) is 10.2 Å². The van der Waals surface area contributed by atoms with Crippen molar-refractivity contribution >= 4 is 17.3 Å². The first-order chi connectivity index (χ1) is 8.91. The quantitative estimate of drug-likeness (QED) is 0.492. The lowest BCUT2D eigenvalue weighted by molar-refractivity contribution is -0.387. The number of benzene rings is 1. The lowest BCUT2D eigenvalue weighted by atomic mass is 10.1. The summed E-state index contributed by atoms with van der Waals surface area (Å²) in [4.78, 5) is 9.61. The van der Waals surface area contributed by atoms with E-state index in [9.17, 15) is 18.9 Å². The fourth-order valence-electron chi connectivity index (χ4n) is 1.37. The van der Waals surface area contributed by atoms with Crippen molar-refractivity contribution in [2.75, 3.05) is 0 Å². The maximum absolute atomic E-state index is 13.8. The van der Waals surface area contributed by atoms with Crippen molar-refractivity contribution in [3.8, 4) is 11.5 Å². The number of hydrogen-bond acceptors (Lipinski definition) is 5. The Bertz CT molecular complexity index is 645. The zero-order valence-electron chi connectivity index (χ0n) is 9.43. The van der Waals surface area contributed by atoms with Crippen LogP contribution in [0.4, 0.5) is 14.5 Å². The number of nitro benzene ring substituents is 1. The second-order valence-electron chi connectivity index (χ2n) is 3.57. The van der Waals surface area contributed by atoms with E-state index < -0.39 is 39.1 Å². The lowest BCUT2D eigenvalue weighted by Gasteiger charge is -2.00. The number of hydrogen-bond donors (Lipinski definition) is 0. The Hall–Kier alpha value is -2.09. The van der Waals surface area contributed by atoms with Gasteiger partial charge in [0, 0.05) is 6.07 Å². The fraction of sp³-hybridized carbons (Fsp3) is 0.200. The standard InChI is InChI=1S/C10H6ClF2N3O3/c1-4(11)9-14-15-10(19-9)7-5(12)2-3-6(8(7)13)16(17)18/h2-4H,1H3. The third-order valence-electron chi connectivity index (χ3n) is 2.26. The summed E-state index contributed by atoms with van der Waals surface area (Å²) in [6.07, 6.45) is 0. The van der Waals surface area contributed by atoms with E-state index in [1.54, 1.807) is 0 Å². The van der Waals surface area contributed by atoms with Crippen LogP contribution in [0.3, 0.4) is 0 Å². The predicted octanol–water partition coefficient (Wildman–Crippen LogP) is 3.22. The van der Waals surface area contributed by atoms with Crippen LogP contribution in [0.25, 0.3) is 11.5 Å². The molecule has 19 heavy (non-hydrogen) atoms.